The van der Waals surface area contributed by atoms with Crippen LogP contribution in [0.4, 0.5) is 13.2 Å². The average Bonchev–Trinajstić information content (AvgIpc) is 2.81. The van der Waals surface area contributed by atoms with Crippen LogP contribution in [0.1, 0.15) is 18.2 Å². The van der Waals surface area contributed by atoms with Gasteiger partial charge >= 0.3 is 6.18 Å². The van der Waals surface area contributed by atoms with Gasteiger partial charge < -0.3 is 5.73 Å². The van der Waals surface area contributed by atoms with Gasteiger partial charge in [0.05, 0.1) is 17.0 Å². The molecule has 6 heteroatoms. The van der Waals surface area contributed by atoms with Crippen LogP contribution in [0.15, 0.2) is 30.3 Å². The van der Waals surface area contributed by atoms with Gasteiger partial charge in [-0.2, -0.15) is 18.3 Å². The number of rotatable bonds is 4. The summed E-state index contributed by atoms with van der Waals surface area (Å²) in [4.78, 5) is 0. The van der Waals surface area contributed by atoms with Crippen molar-refractivity contribution in [2.45, 2.75) is 26.1 Å². The van der Waals surface area contributed by atoms with Gasteiger partial charge in [0.1, 0.15) is 0 Å². The van der Waals surface area contributed by atoms with Crippen LogP contribution in [0.2, 0.25) is 0 Å². The van der Waals surface area contributed by atoms with Gasteiger partial charge in [-0.05, 0) is 31.7 Å². The monoisotopic (exact) mass is 283 g/mol. The Balaban J connectivity index is 2.45. The van der Waals surface area contributed by atoms with Crippen LogP contribution in [0.5, 0.6) is 0 Å². The Bertz CT molecular complexity index is 588. The molecule has 0 saturated heterocycles. The van der Waals surface area contributed by atoms with Gasteiger partial charge in [-0.15, -0.1) is 0 Å². The third-order valence-corrected chi connectivity index (χ3v) is 3.02. The highest BCUT2D eigenvalue weighted by Gasteiger charge is 2.30. The zero-order valence-corrected chi connectivity index (χ0v) is 11.1. The number of hydrogen-bond acceptors (Lipinski definition) is 2. The minimum atomic E-state index is -4.34. The first-order chi connectivity index (χ1) is 9.45. The van der Waals surface area contributed by atoms with Crippen LogP contribution < -0.4 is 5.73 Å². The van der Waals surface area contributed by atoms with Gasteiger partial charge in [0.25, 0.3) is 0 Å². The Kier molecular flexibility index (Phi) is 4.13. The van der Waals surface area contributed by atoms with Crippen LogP contribution in [0, 0.1) is 0 Å². The normalized spacial score (nSPS) is 11.8. The summed E-state index contributed by atoms with van der Waals surface area (Å²) in [6.07, 6.45) is -3.73. The zero-order valence-electron chi connectivity index (χ0n) is 11.1. The average molecular weight is 283 g/mol. The smallest absolute Gasteiger partial charge is 0.330 e. The highest BCUT2D eigenvalue weighted by Crippen LogP contribution is 2.32. The van der Waals surface area contributed by atoms with E-state index in [9.17, 15) is 13.2 Å². The van der Waals surface area contributed by atoms with Crippen molar-refractivity contribution in [1.82, 2.24) is 9.78 Å². The van der Waals surface area contributed by atoms with Crippen molar-refractivity contribution < 1.29 is 13.2 Å². The van der Waals surface area contributed by atoms with E-state index in [2.05, 4.69) is 5.10 Å². The standard InChI is InChI=1S/C14H16F3N3/c1-2-20-13(9-12(19-20)6-7-18)10-4-3-5-11(8-10)14(15,16)17/h3-5,8-9H,2,6-7,18H2,1H3. The molecule has 1 heterocycles. The number of nitrogens with zero attached hydrogens (tertiary/aromatic N) is 2. The van der Waals surface area contributed by atoms with E-state index < -0.39 is 11.7 Å². The fourth-order valence-corrected chi connectivity index (χ4v) is 2.07. The first kappa shape index (κ1) is 14.6. The molecule has 0 spiro atoms. The predicted molar refractivity (Wildman–Crippen MR) is 71.1 cm³/mol. The molecule has 0 aliphatic rings. The summed E-state index contributed by atoms with van der Waals surface area (Å²) in [5.41, 5.74) is 6.82. The number of alkyl halides is 3. The summed E-state index contributed by atoms with van der Waals surface area (Å²) in [7, 11) is 0. The Morgan fingerprint density at radius 3 is 2.60 bits per heavy atom. The number of aryl methyl sites for hydroxylation is 1. The number of aromatic nitrogens is 2. The first-order valence-corrected chi connectivity index (χ1v) is 6.40. The maximum absolute atomic E-state index is 12.8. The number of nitrogens with two attached hydrogens (primary N) is 1. The van der Waals surface area contributed by atoms with Crippen LogP contribution >= 0.6 is 0 Å². The summed E-state index contributed by atoms with van der Waals surface area (Å²) in [6.45, 7) is 2.95. The highest BCUT2D eigenvalue weighted by molar-refractivity contribution is 5.61. The summed E-state index contributed by atoms with van der Waals surface area (Å²) in [5, 5.41) is 4.34. The predicted octanol–water partition coefficient (Wildman–Crippen LogP) is 3.09. The maximum Gasteiger partial charge on any atom is 0.416 e. The number of hydrogen-bond donors (Lipinski definition) is 1. The molecule has 1 aromatic heterocycles. The lowest BCUT2D eigenvalue weighted by Gasteiger charge is -2.09. The van der Waals surface area contributed by atoms with Gasteiger partial charge in [-0.3, -0.25) is 4.68 Å². The van der Waals surface area contributed by atoms with Crippen LogP contribution in [0.3, 0.4) is 0 Å². The molecule has 108 valence electrons. The maximum atomic E-state index is 12.8. The van der Waals surface area contributed by atoms with Crippen molar-refractivity contribution in [2.75, 3.05) is 6.54 Å². The van der Waals surface area contributed by atoms with Gasteiger partial charge in [-0.25, -0.2) is 0 Å². The summed E-state index contributed by atoms with van der Waals surface area (Å²) in [5.74, 6) is 0. The lowest BCUT2D eigenvalue weighted by Crippen LogP contribution is -2.06. The minimum absolute atomic E-state index is 0.461. The Hall–Kier alpha value is -1.82. The summed E-state index contributed by atoms with van der Waals surface area (Å²) >= 11 is 0. The molecular weight excluding hydrogens is 267 g/mol. The topological polar surface area (TPSA) is 43.8 Å². The molecule has 0 radical (unpaired) electrons. The SMILES string of the molecule is CCn1nc(CCN)cc1-c1cccc(C(F)(F)F)c1. The second kappa shape index (κ2) is 5.66. The lowest BCUT2D eigenvalue weighted by atomic mass is 10.1. The van der Waals surface area contributed by atoms with Crippen LogP contribution in [-0.2, 0) is 19.1 Å². The minimum Gasteiger partial charge on any atom is -0.330 e. The van der Waals surface area contributed by atoms with Gasteiger partial charge in [0, 0.05) is 18.5 Å². The van der Waals surface area contributed by atoms with Crippen molar-refractivity contribution in [3.63, 3.8) is 0 Å². The molecular formula is C14H16F3N3. The largest absolute Gasteiger partial charge is 0.416 e. The second-order valence-electron chi connectivity index (χ2n) is 4.45. The number of benzene rings is 1. The Morgan fingerprint density at radius 2 is 2.00 bits per heavy atom. The second-order valence-corrected chi connectivity index (χ2v) is 4.45. The van der Waals surface area contributed by atoms with Crippen LogP contribution in [0.25, 0.3) is 11.3 Å². The van der Waals surface area contributed by atoms with E-state index in [0.717, 1.165) is 17.8 Å². The van der Waals surface area contributed by atoms with Crippen molar-refractivity contribution in [3.8, 4) is 11.3 Å². The molecule has 20 heavy (non-hydrogen) atoms. The Morgan fingerprint density at radius 1 is 1.25 bits per heavy atom. The highest BCUT2D eigenvalue weighted by atomic mass is 19.4. The third-order valence-electron chi connectivity index (χ3n) is 3.02. The molecule has 1 aromatic carbocycles. The van der Waals surface area contributed by atoms with E-state index in [1.165, 1.54) is 6.07 Å². The van der Waals surface area contributed by atoms with E-state index >= 15 is 0 Å². The number of halogens is 3. The lowest BCUT2D eigenvalue weighted by molar-refractivity contribution is -0.137. The summed E-state index contributed by atoms with van der Waals surface area (Å²) in [6, 6.07) is 7.08. The molecule has 0 bridgehead atoms. The summed E-state index contributed by atoms with van der Waals surface area (Å²) < 4.78 is 40.0. The molecule has 0 fully saturated rings. The fraction of sp³-hybridized carbons (Fsp3) is 0.357. The Labute approximate surface area is 115 Å². The van der Waals surface area contributed by atoms with Crippen LogP contribution in [-0.4, -0.2) is 16.3 Å². The van der Waals surface area contributed by atoms with E-state index in [4.69, 9.17) is 5.73 Å². The van der Waals surface area contributed by atoms with Crippen molar-refractivity contribution in [3.05, 3.63) is 41.6 Å². The molecule has 0 unspecified atom stereocenters. The molecule has 0 amide bonds. The fourth-order valence-electron chi connectivity index (χ4n) is 2.07. The molecule has 2 rings (SSSR count). The van der Waals surface area contributed by atoms with E-state index in [0.29, 0.717) is 30.8 Å². The van der Waals surface area contributed by atoms with Crippen molar-refractivity contribution in [1.29, 1.82) is 0 Å². The van der Waals surface area contributed by atoms with E-state index in [1.54, 1.807) is 16.8 Å². The van der Waals surface area contributed by atoms with Gasteiger partial charge in [0.2, 0.25) is 0 Å². The van der Waals surface area contributed by atoms with Crippen molar-refractivity contribution in [2.24, 2.45) is 5.73 Å². The molecule has 0 aliphatic heterocycles. The quantitative estimate of drug-likeness (QED) is 0.937. The molecule has 2 aromatic rings. The van der Waals surface area contributed by atoms with Crippen molar-refractivity contribution >= 4 is 0 Å². The molecule has 0 atom stereocenters. The van der Waals surface area contributed by atoms with Gasteiger partial charge in [0.15, 0.2) is 0 Å². The van der Waals surface area contributed by atoms with E-state index in [1.807, 2.05) is 6.92 Å². The first-order valence-electron chi connectivity index (χ1n) is 6.40. The van der Waals surface area contributed by atoms with Gasteiger partial charge in [-0.1, -0.05) is 12.1 Å². The third kappa shape index (κ3) is 3.01. The molecule has 3 nitrogen and oxygen atoms in total. The molecule has 0 saturated carbocycles. The molecule has 0 aliphatic carbocycles. The molecule has 2 N–H and O–H groups in total. The zero-order chi connectivity index (χ0) is 14.8. The van der Waals surface area contributed by atoms with E-state index in [-0.39, 0.29) is 0 Å².